The quantitative estimate of drug-likeness (QED) is 0.242. The van der Waals surface area contributed by atoms with E-state index in [2.05, 4.69) is 19.4 Å². The highest BCUT2D eigenvalue weighted by atomic mass is 35.5. The van der Waals surface area contributed by atoms with Crippen LogP contribution in [0.25, 0.3) is 11.0 Å². The van der Waals surface area contributed by atoms with Gasteiger partial charge in [-0.3, -0.25) is 4.90 Å². The van der Waals surface area contributed by atoms with Crippen molar-refractivity contribution < 1.29 is 23.8 Å². The number of pyridine rings is 1. The molecule has 220 valence electrons. The summed E-state index contributed by atoms with van der Waals surface area (Å²) in [6.07, 6.45) is 10.1. The van der Waals surface area contributed by atoms with Gasteiger partial charge in [-0.05, 0) is 86.9 Å². The van der Waals surface area contributed by atoms with Crippen LogP contribution in [0.15, 0.2) is 41.1 Å². The van der Waals surface area contributed by atoms with Crippen LogP contribution in [0, 0.1) is 5.92 Å². The largest absolute Gasteiger partial charge is 0.478 e. The molecule has 11 heteroatoms. The molecular formula is C31H34ClN5O5. The molecule has 0 bridgehead atoms. The highest BCUT2D eigenvalue weighted by molar-refractivity contribution is 6.31. The number of nitrogens with zero attached hydrogens (tertiary/aromatic N) is 5. The average Bonchev–Trinajstić information content (AvgIpc) is 3.63. The minimum absolute atomic E-state index is 0.152. The van der Waals surface area contributed by atoms with E-state index in [1.807, 2.05) is 12.3 Å². The Balaban J connectivity index is 0.934. The molecule has 7 rings (SSSR count). The lowest BCUT2D eigenvalue weighted by Crippen LogP contribution is -2.36. The van der Waals surface area contributed by atoms with E-state index < -0.39 is 5.97 Å². The summed E-state index contributed by atoms with van der Waals surface area (Å²) in [6.45, 7) is 4.29. The molecule has 3 aromatic heterocycles. The van der Waals surface area contributed by atoms with E-state index in [9.17, 15) is 9.90 Å². The molecule has 1 N–H and O–H groups in total. The fourth-order valence-electron chi connectivity index (χ4n) is 5.92. The van der Waals surface area contributed by atoms with E-state index in [-0.39, 0.29) is 18.3 Å². The van der Waals surface area contributed by atoms with Crippen LogP contribution in [0.1, 0.15) is 71.4 Å². The van der Waals surface area contributed by atoms with E-state index in [1.54, 1.807) is 24.4 Å². The van der Waals surface area contributed by atoms with Gasteiger partial charge in [0.15, 0.2) is 6.61 Å². The number of likely N-dealkylation sites (tertiary alicyclic amines) is 1. The molecule has 0 radical (unpaired) electrons. The summed E-state index contributed by atoms with van der Waals surface area (Å²) in [5.41, 5.74) is 3.13. The van der Waals surface area contributed by atoms with Crippen molar-refractivity contribution in [2.45, 2.75) is 70.2 Å². The second-order valence-corrected chi connectivity index (χ2v) is 12.1. The van der Waals surface area contributed by atoms with E-state index in [1.165, 1.54) is 18.4 Å². The SMILES string of the molecule is O=C(O)c1ccc2nc(CN3CCC(Cc4cnc(COc5ncc(C6CC6)cc5Cl)o4)CC3)n(C[C@@H]3CCO3)c2c1. The number of piperidine rings is 1. The number of carboxylic acids is 1. The van der Waals surface area contributed by atoms with Crippen LogP contribution in [0.5, 0.6) is 5.88 Å². The predicted molar refractivity (Wildman–Crippen MR) is 155 cm³/mol. The van der Waals surface area contributed by atoms with Crippen molar-refractivity contribution in [3.63, 3.8) is 0 Å². The summed E-state index contributed by atoms with van der Waals surface area (Å²) in [7, 11) is 0. The minimum atomic E-state index is -0.931. The summed E-state index contributed by atoms with van der Waals surface area (Å²) in [4.78, 5) is 27.7. The Bertz CT molecular complexity index is 1590. The van der Waals surface area contributed by atoms with Crippen LogP contribution < -0.4 is 4.74 Å². The summed E-state index contributed by atoms with van der Waals surface area (Å²) in [6, 6.07) is 7.10. The molecule has 3 fully saturated rings. The van der Waals surface area contributed by atoms with E-state index in [4.69, 9.17) is 30.5 Å². The van der Waals surface area contributed by atoms with Crippen LogP contribution in [0.2, 0.25) is 5.02 Å². The third kappa shape index (κ3) is 6.02. The number of ether oxygens (including phenoxy) is 2. The highest BCUT2D eigenvalue weighted by Gasteiger charge is 2.27. The van der Waals surface area contributed by atoms with Gasteiger partial charge in [0.2, 0.25) is 11.8 Å². The maximum atomic E-state index is 11.6. The molecule has 0 amide bonds. The molecule has 1 aliphatic carbocycles. The number of oxazole rings is 1. The fourth-order valence-corrected chi connectivity index (χ4v) is 6.15. The molecule has 1 aromatic carbocycles. The van der Waals surface area contributed by atoms with Crippen LogP contribution >= 0.6 is 11.6 Å². The molecule has 0 spiro atoms. The van der Waals surface area contributed by atoms with Crippen LogP contribution in [0.3, 0.4) is 0 Å². The Morgan fingerprint density at radius 3 is 2.64 bits per heavy atom. The predicted octanol–water partition coefficient (Wildman–Crippen LogP) is 5.47. The second kappa shape index (κ2) is 11.7. The standard InChI is InChI=1S/C31H34ClN5O5/c32-25-12-22(20-1-2-20)14-34-30(25)41-18-29-33-15-24(42-29)11-19-5-8-36(9-6-19)17-28-35-26-4-3-21(31(38)39)13-27(26)37(28)16-23-7-10-40-23/h3-4,12-15,19-20,23H,1-2,5-11,16-18H2,(H,38,39)/t23-/m0/s1. The number of hydrogen-bond donors (Lipinski definition) is 1. The van der Waals surface area contributed by atoms with Crippen molar-refractivity contribution in [1.29, 1.82) is 0 Å². The third-order valence-corrected chi connectivity index (χ3v) is 8.90. The van der Waals surface area contributed by atoms with E-state index in [0.29, 0.717) is 35.2 Å². The summed E-state index contributed by atoms with van der Waals surface area (Å²) >= 11 is 6.37. The van der Waals surface area contributed by atoms with Gasteiger partial charge in [0, 0.05) is 19.2 Å². The smallest absolute Gasteiger partial charge is 0.335 e. The molecule has 10 nitrogen and oxygen atoms in total. The molecule has 1 atom stereocenters. The van der Waals surface area contributed by atoms with Gasteiger partial charge in [-0.1, -0.05) is 11.6 Å². The number of benzene rings is 1. The summed E-state index contributed by atoms with van der Waals surface area (Å²) < 4.78 is 19.6. The van der Waals surface area contributed by atoms with Crippen LogP contribution in [-0.2, 0) is 30.9 Å². The second-order valence-electron chi connectivity index (χ2n) is 11.7. The molecule has 2 saturated heterocycles. The molecule has 4 aromatic rings. The zero-order chi connectivity index (χ0) is 28.6. The number of rotatable bonds is 11. The van der Waals surface area contributed by atoms with Crippen molar-refractivity contribution in [3.05, 3.63) is 70.3 Å². The Morgan fingerprint density at radius 2 is 1.93 bits per heavy atom. The van der Waals surface area contributed by atoms with Crippen molar-refractivity contribution in [2.24, 2.45) is 5.92 Å². The third-order valence-electron chi connectivity index (χ3n) is 8.63. The molecular weight excluding hydrogens is 558 g/mol. The zero-order valence-electron chi connectivity index (χ0n) is 23.4. The number of aromatic carboxylic acids is 1. The first-order valence-electron chi connectivity index (χ1n) is 14.8. The number of carboxylic acid groups (broad SMARTS) is 1. The number of aromatic nitrogens is 4. The van der Waals surface area contributed by atoms with Gasteiger partial charge in [-0.2, -0.15) is 0 Å². The highest BCUT2D eigenvalue weighted by Crippen LogP contribution is 2.41. The zero-order valence-corrected chi connectivity index (χ0v) is 24.1. The molecule has 1 saturated carbocycles. The Kier molecular flexibility index (Phi) is 7.60. The number of imidazole rings is 1. The maximum absolute atomic E-state index is 11.6. The van der Waals surface area contributed by atoms with Gasteiger partial charge in [0.05, 0.1) is 42.0 Å². The maximum Gasteiger partial charge on any atom is 0.335 e. The first-order chi connectivity index (χ1) is 20.5. The van der Waals surface area contributed by atoms with Gasteiger partial charge in [0.25, 0.3) is 0 Å². The number of halogens is 1. The van der Waals surface area contributed by atoms with Crippen molar-refractivity contribution in [3.8, 4) is 5.88 Å². The van der Waals surface area contributed by atoms with Gasteiger partial charge in [-0.25, -0.2) is 19.7 Å². The van der Waals surface area contributed by atoms with Crippen molar-refractivity contribution in [2.75, 3.05) is 19.7 Å². The van der Waals surface area contributed by atoms with Gasteiger partial charge in [-0.15, -0.1) is 0 Å². The lowest BCUT2D eigenvalue weighted by Gasteiger charge is -2.32. The summed E-state index contributed by atoms with van der Waals surface area (Å²) in [5.74, 6) is 2.92. The lowest BCUT2D eigenvalue weighted by atomic mass is 9.93. The van der Waals surface area contributed by atoms with Crippen molar-refractivity contribution in [1.82, 2.24) is 24.4 Å². The Labute approximate surface area is 248 Å². The molecule has 3 aliphatic rings. The molecule has 5 heterocycles. The monoisotopic (exact) mass is 591 g/mol. The Morgan fingerprint density at radius 1 is 1.10 bits per heavy atom. The normalized spacial score (nSPS) is 19.7. The van der Waals surface area contributed by atoms with Crippen molar-refractivity contribution >= 4 is 28.6 Å². The lowest BCUT2D eigenvalue weighted by molar-refractivity contribution is -0.0592. The van der Waals surface area contributed by atoms with E-state index in [0.717, 1.165) is 74.5 Å². The first kappa shape index (κ1) is 27.4. The Hall–Kier alpha value is -3.47. The molecule has 0 unspecified atom stereocenters. The molecule has 2 aliphatic heterocycles. The topological polar surface area (TPSA) is 116 Å². The minimum Gasteiger partial charge on any atom is -0.478 e. The number of fused-ring (bicyclic) bond motifs is 1. The average molecular weight is 592 g/mol. The first-order valence-corrected chi connectivity index (χ1v) is 15.1. The van der Waals surface area contributed by atoms with Crippen LogP contribution in [0.4, 0.5) is 0 Å². The molecule has 42 heavy (non-hydrogen) atoms. The fraction of sp³-hybridized carbons (Fsp3) is 0.484. The van der Waals surface area contributed by atoms with Gasteiger partial charge in [0.1, 0.15) is 16.6 Å². The van der Waals surface area contributed by atoms with Crippen LogP contribution in [-0.4, -0.2) is 61.3 Å². The van der Waals surface area contributed by atoms with Gasteiger partial charge >= 0.3 is 5.97 Å². The van der Waals surface area contributed by atoms with E-state index >= 15 is 0 Å². The van der Waals surface area contributed by atoms with Gasteiger partial charge < -0.3 is 23.6 Å². The summed E-state index contributed by atoms with van der Waals surface area (Å²) in [5, 5.41) is 10.0. The number of carbonyl (C=O) groups is 1. The number of hydrogen-bond acceptors (Lipinski definition) is 8.